The van der Waals surface area contributed by atoms with E-state index in [4.69, 9.17) is 9.47 Å². The van der Waals surface area contributed by atoms with Crippen molar-refractivity contribution in [1.82, 2.24) is 0 Å². The molecule has 0 saturated heterocycles. The van der Waals surface area contributed by atoms with E-state index in [-0.39, 0.29) is 19.2 Å². The molecule has 4 nitrogen and oxygen atoms in total. The van der Waals surface area contributed by atoms with E-state index in [9.17, 15) is 9.90 Å². The van der Waals surface area contributed by atoms with E-state index in [2.05, 4.69) is 6.92 Å². The number of rotatable bonds is 9. The van der Waals surface area contributed by atoms with Crippen molar-refractivity contribution in [2.24, 2.45) is 0 Å². The third-order valence-corrected chi connectivity index (χ3v) is 1.84. The van der Waals surface area contributed by atoms with Crippen molar-refractivity contribution in [3.8, 4) is 0 Å². The van der Waals surface area contributed by atoms with Crippen LogP contribution < -0.4 is 0 Å². The summed E-state index contributed by atoms with van der Waals surface area (Å²) in [6.07, 6.45) is 2.53. The second-order valence-electron chi connectivity index (χ2n) is 3.52. The first-order valence-electron chi connectivity index (χ1n) is 5.62. The largest absolute Gasteiger partial charge is 0.463 e. The fourth-order valence-electron chi connectivity index (χ4n) is 0.979. The summed E-state index contributed by atoms with van der Waals surface area (Å²) in [5, 5.41) is 9.36. The Morgan fingerprint density at radius 2 is 2.00 bits per heavy atom. The van der Waals surface area contributed by atoms with Crippen LogP contribution in [0.4, 0.5) is 0 Å². The van der Waals surface area contributed by atoms with Crippen molar-refractivity contribution < 1.29 is 19.4 Å². The summed E-state index contributed by atoms with van der Waals surface area (Å²) in [5.41, 5.74) is 0. The van der Waals surface area contributed by atoms with Crippen LogP contribution in [0.5, 0.6) is 0 Å². The van der Waals surface area contributed by atoms with Gasteiger partial charge < -0.3 is 14.6 Å². The van der Waals surface area contributed by atoms with Crippen molar-refractivity contribution in [3.63, 3.8) is 0 Å². The first kappa shape index (κ1) is 14.4. The van der Waals surface area contributed by atoms with Gasteiger partial charge >= 0.3 is 5.97 Å². The van der Waals surface area contributed by atoms with Crippen LogP contribution in [0.25, 0.3) is 0 Å². The lowest BCUT2D eigenvalue weighted by molar-refractivity contribution is -0.147. The van der Waals surface area contributed by atoms with Gasteiger partial charge in [0.25, 0.3) is 0 Å². The number of unbranched alkanes of at least 4 members (excludes halogenated alkanes) is 1. The number of esters is 1. The van der Waals surface area contributed by atoms with E-state index in [0.29, 0.717) is 13.0 Å². The molecule has 0 aromatic carbocycles. The zero-order valence-corrected chi connectivity index (χ0v) is 9.70. The smallest absolute Gasteiger partial charge is 0.305 e. The van der Waals surface area contributed by atoms with Gasteiger partial charge in [-0.15, -0.1) is 0 Å². The van der Waals surface area contributed by atoms with E-state index < -0.39 is 6.10 Å². The molecule has 15 heavy (non-hydrogen) atoms. The van der Waals surface area contributed by atoms with E-state index in [0.717, 1.165) is 19.3 Å². The zero-order valence-electron chi connectivity index (χ0n) is 9.70. The molecule has 0 aliphatic rings. The van der Waals surface area contributed by atoms with Crippen LogP contribution in [0.3, 0.4) is 0 Å². The van der Waals surface area contributed by atoms with E-state index >= 15 is 0 Å². The maximum atomic E-state index is 10.9. The number of ether oxygens (including phenoxy) is 2. The Morgan fingerprint density at radius 1 is 1.27 bits per heavy atom. The van der Waals surface area contributed by atoms with Crippen LogP contribution in [0, 0.1) is 0 Å². The van der Waals surface area contributed by atoms with Crippen LogP contribution in [0.1, 0.15) is 39.5 Å². The summed E-state index contributed by atoms with van der Waals surface area (Å²) >= 11 is 0. The molecule has 0 fully saturated rings. The normalized spacial score (nSPS) is 12.5. The molecular weight excluding hydrogens is 196 g/mol. The summed E-state index contributed by atoms with van der Waals surface area (Å²) in [7, 11) is 0. The van der Waals surface area contributed by atoms with Gasteiger partial charge in [0, 0.05) is 13.0 Å². The van der Waals surface area contributed by atoms with Crippen LogP contribution in [0.15, 0.2) is 0 Å². The van der Waals surface area contributed by atoms with Crippen LogP contribution >= 0.6 is 0 Å². The standard InChI is InChI=1S/C11H22O4/c1-3-5-7-14-8-10(12)9-15-11(13)6-4-2/h10,12H,3-9H2,1-2H3/t10-/m0/s1. The monoisotopic (exact) mass is 218 g/mol. The Balaban J connectivity index is 3.32. The number of carbonyl (C=O) groups is 1. The summed E-state index contributed by atoms with van der Waals surface area (Å²) in [4.78, 5) is 10.9. The molecule has 0 aliphatic heterocycles. The van der Waals surface area contributed by atoms with Gasteiger partial charge in [0.15, 0.2) is 0 Å². The van der Waals surface area contributed by atoms with Crippen molar-refractivity contribution in [1.29, 1.82) is 0 Å². The minimum atomic E-state index is -0.706. The molecule has 0 aromatic rings. The van der Waals surface area contributed by atoms with Crippen molar-refractivity contribution in [2.45, 2.75) is 45.6 Å². The first-order valence-corrected chi connectivity index (χ1v) is 5.62. The summed E-state index contributed by atoms with van der Waals surface area (Å²) in [5.74, 6) is -0.259. The van der Waals surface area contributed by atoms with Gasteiger partial charge in [-0.05, 0) is 12.8 Å². The average molecular weight is 218 g/mol. The SMILES string of the molecule is CCCCOC[C@H](O)COC(=O)CCC. The summed E-state index contributed by atoms with van der Waals surface area (Å²) < 4.78 is 10.0. The minimum absolute atomic E-state index is 0.0327. The molecule has 0 unspecified atom stereocenters. The van der Waals surface area contributed by atoms with Crippen molar-refractivity contribution in [2.75, 3.05) is 19.8 Å². The lowest BCUT2D eigenvalue weighted by Gasteiger charge is -2.11. The fraction of sp³-hybridized carbons (Fsp3) is 0.909. The molecule has 4 heteroatoms. The van der Waals surface area contributed by atoms with Gasteiger partial charge in [0.1, 0.15) is 12.7 Å². The molecule has 0 bridgehead atoms. The maximum absolute atomic E-state index is 10.9. The van der Waals surface area contributed by atoms with Gasteiger partial charge in [-0.25, -0.2) is 0 Å². The highest BCUT2D eigenvalue weighted by molar-refractivity contribution is 5.69. The number of hydrogen-bond acceptors (Lipinski definition) is 4. The first-order chi connectivity index (χ1) is 7.20. The highest BCUT2D eigenvalue weighted by Crippen LogP contribution is 1.95. The summed E-state index contributed by atoms with van der Waals surface area (Å²) in [6, 6.07) is 0. The lowest BCUT2D eigenvalue weighted by Crippen LogP contribution is -2.23. The third-order valence-electron chi connectivity index (χ3n) is 1.84. The van der Waals surface area contributed by atoms with Crippen molar-refractivity contribution >= 4 is 5.97 Å². The topological polar surface area (TPSA) is 55.8 Å². The Kier molecular flexibility index (Phi) is 9.52. The van der Waals surface area contributed by atoms with Gasteiger partial charge in [0.2, 0.25) is 0 Å². The van der Waals surface area contributed by atoms with Gasteiger partial charge in [-0.1, -0.05) is 20.3 Å². The number of aliphatic hydroxyl groups is 1. The van der Waals surface area contributed by atoms with E-state index in [1.54, 1.807) is 0 Å². The van der Waals surface area contributed by atoms with Gasteiger partial charge in [-0.3, -0.25) is 4.79 Å². The maximum Gasteiger partial charge on any atom is 0.305 e. The fourth-order valence-corrected chi connectivity index (χ4v) is 0.979. The molecular formula is C11H22O4. The zero-order chi connectivity index (χ0) is 11.5. The molecule has 90 valence electrons. The molecule has 0 radical (unpaired) electrons. The van der Waals surface area contributed by atoms with Gasteiger partial charge in [0.05, 0.1) is 6.61 Å². The minimum Gasteiger partial charge on any atom is -0.463 e. The molecule has 1 atom stereocenters. The van der Waals surface area contributed by atoms with Gasteiger partial charge in [-0.2, -0.15) is 0 Å². The number of carbonyl (C=O) groups excluding carboxylic acids is 1. The quantitative estimate of drug-likeness (QED) is 0.471. The second kappa shape index (κ2) is 9.93. The second-order valence-corrected chi connectivity index (χ2v) is 3.52. The Labute approximate surface area is 91.6 Å². The molecule has 0 saturated carbocycles. The predicted octanol–water partition coefficient (Wildman–Crippen LogP) is 1.51. The molecule has 0 spiro atoms. The summed E-state index contributed by atoms with van der Waals surface area (Å²) in [6.45, 7) is 4.90. The number of hydrogen-bond donors (Lipinski definition) is 1. The Morgan fingerprint density at radius 3 is 2.60 bits per heavy atom. The molecule has 0 heterocycles. The van der Waals surface area contributed by atoms with Crippen LogP contribution in [-0.2, 0) is 14.3 Å². The molecule has 0 aliphatic carbocycles. The number of aliphatic hydroxyl groups excluding tert-OH is 1. The Bertz CT molecular complexity index is 159. The van der Waals surface area contributed by atoms with E-state index in [1.807, 2.05) is 6.92 Å². The average Bonchev–Trinajstić information content (AvgIpc) is 2.22. The lowest BCUT2D eigenvalue weighted by atomic mass is 10.3. The highest BCUT2D eigenvalue weighted by Gasteiger charge is 2.07. The molecule has 0 rings (SSSR count). The van der Waals surface area contributed by atoms with Crippen LogP contribution in [0.2, 0.25) is 0 Å². The third kappa shape index (κ3) is 9.69. The molecule has 1 N–H and O–H groups in total. The van der Waals surface area contributed by atoms with E-state index in [1.165, 1.54) is 0 Å². The molecule has 0 aromatic heterocycles. The highest BCUT2D eigenvalue weighted by atomic mass is 16.5. The van der Waals surface area contributed by atoms with Crippen molar-refractivity contribution in [3.05, 3.63) is 0 Å². The predicted molar refractivity (Wildman–Crippen MR) is 57.6 cm³/mol. The Hall–Kier alpha value is -0.610. The van der Waals surface area contributed by atoms with Crippen LogP contribution in [-0.4, -0.2) is 37.0 Å². The molecule has 0 amide bonds.